The topological polar surface area (TPSA) is 73.1 Å². The van der Waals surface area contributed by atoms with Crippen LogP contribution < -0.4 is 10.1 Å². The number of hydrogen-bond donors (Lipinski definition) is 1. The maximum absolute atomic E-state index is 5.62. The Kier molecular flexibility index (Phi) is 3.80. The van der Waals surface area contributed by atoms with E-state index < -0.39 is 0 Å². The second-order valence-electron chi connectivity index (χ2n) is 5.18. The largest absolute Gasteiger partial charge is 0.494 e. The van der Waals surface area contributed by atoms with Gasteiger partial charge in [0.05, 0.1) is 25.4 Å². The molecule has 0 aliphatic rings. The van der Waals surface area contributed by atoms with Gasteiger partial charge in [0.2, 0.25) is 5.89 Å². The molecule has 0 amide bonds. The summed E-state index contributed by atoms with van der Waals surface area (Å²) in [6.07, 6.45) is 3.28. The maximum atomic E-state index is 5.62. The molecule has 102 valence electrons. The molecule has 2 aromatic rings. The summed E-state index contributed by atoms with van der Waals surface area (Å²) in [5.74, 6) is 1.59. The lowest BCUT2D eigenvalue weighted by molar-refractivity contribution is 0.382. The average molecular weight is 262 g/mol. The van der Waals surface area contributed by atoms with Crippen LogP contribution in [-0.4, -0.2) is 27.8 Å². The van der Waals surface area contributed by atoms with E-state index >= 15 is 0 Å². The van der Waals surface area contributed by atoms with Gasteiger partial charge in [0.1, 0.15) is 5.75 Å². The summed E-state index contributed by atoms with van der Waals surface area (Å²) in [7, 11) is 1.58. The molecule has 0 unspecified atom stereocenters. The van der Waals surface area contributed by atoms with Gasteiger partial charge in [-0.2, -0.15) is 0 Å². The van der Waals surface area contributed by atoms with Gasteiger partial charge in [-0.1, -0.05) is 0 Å². The zero-order valence-corrected chi connectivity index (χ0v) is 11.6. The predicted octanol–water partition coefficient (Wildman–Crippen LogP) is 2.03. The van der Waals surface area contributed by atoms with E-state index in [0.29, 0.717) is 24.1 Å². The van der Waals surface area contributed by atoms with Crippen LogP contribution in [0.1, 0.15) is 26.7 Å². The predicted molar refractivity (Wildman–Crippen MR) is 70.7 cm³/mol. The average Bonchev–Trinajstić information content (AvgIpc) is 2.84. The Bertz CT molecular complexity index is 546. The van der Waals surface area contributed by atoms with Gasteiger partial charge >= 0.3 is 0 Å². The lowest BCUT2D eigenvalue weighted by atomic mass is 10.1. The number of pyridine rings is 1. The molecule has 6 heteroatoms. The van der Waals surface area contributed by atoms with E-state index in [1.165, 1.54) is 0 Å². The second-order valence-corrected chi connectivity index (χ2v) is 5.18. The highest BCUT2D eigenvalue weighted by Crippen LogP contribution is 2.27. The van der Waals surface area contributed by atoms with Crippen LogP contribution in [0.4, 0.5) is 0 Å². The highest BCUT2D eigenvalue weighted by molar-refractivity contribution is 5.60. The van der Waals surface area contributed by atoms with E-state index in [-0.39, 0.29) is 5.54 Å². The summed E-state index contributed by atoms with van der Waals surface area (Å²) < 4.78 is 10.8. The van der Waals surface area contributed by atoms with Crippen molar-refractivity contribution >= 4 is 0 Å². The molecule has 6 nitrogen and oxygen atoms in total. The van der Waals surface area contributed by atoms with Crippen LogP contribution in [0.2, 0.25) is 0 Å². The summed E-state index contributed by atoms with van der Waals surface area (Å²) in [6, 6.07) is 1.79. The zero-order valence-electron chi connectivity index (χ0n) is 11.6. The van der Waals surface area contributed by atoms with Crippen LogP contribution in [0, 0.1) is 0 Å². The molecule has 0 spiro atoms. The van der Waals surface area contributed by atoms with Crippen molar-refractivity contribution in [2.75, 3.05) is 7.11 Å². The smallest absolute Gasteiger partial charge is 0.251 e. The van der Waals surface area contributed by atoms with Gasteiger partial charge in [-0.05, 0) is 26.8 Å². The Morgan fingerprint density at radius 3 is 2.79 bits per heavy atom. The number of hydrogen-bond acceptors (Lipinski definition) is 6. The molecule has 2 heterocycles. The summed E-state index contributed by atoms with van der Waals surface area (Å²) in [6.45, 7) is 6.77. The summed E-state index contributed by atoms with van der Waals surface area (Å²) in [5.41, 5.74) is 0.746. The van der Waals surface area contributed by atoms with E-state index in [1.807, 2.05) is 0 Å². The Labute approximate surface area is 112 Å². The van der Waals surface area contributed by atoms with Gasteiger partial charge in [-0.25, -0.2) is 0 Å². The number of nitrogens with one attached hydrogen (secondary N) is 1. The molecule has 0 aliphatic carbocycles. The van der Waals surface area contributed by atoms with Crippen LogP contribution in [-0.2, 0) is 6.54 Å². The molecule has 1 N–H and O–H groups in total. The molecule has 0 fully saturated rings. The van der Waals surface area contributed by atoms with Crippen molar-refractivity contribution < 1.29 is 9.15 Å². The lowest BCUT2D eigenvalue weighted by Crippen LogP contribution is -2.35. The van der Waals surface area contributed by atoms with Crippen molar-refractivity contribution in [1.82, 2.24) is 20.5 Å². The minimum atomic E-state index is 0.00297. The molecular formula is C13H18N4O2. The summed E-state index contributed by atoms with van der Waals surface area (Å²) in [5, 5.41) is 11.3. The fraction of sp³-hybridized carbons (Fsp3) is 0.462. The normalized spacial score (nSPS) is 11.6. The van der Waals surface area contributed by atoms with E-state index in [4.69, 9.17) is 9.15 Å². The fourth-order valence-electron chi connectivity index (χ4n) is 1.49. The third kappa shape index (κ3) is 3.51. The van der Waals surface area contributed by atoms with E-state index in [0.717, 1.165) is 5.56 Å². The molecule has 0 aliphatic heterocycles. The minimum absolute atomic E-state index is 0.00297. The van der Waals surface area contributed by atoms with E-state index in [9.17, 15) is 0 Å². The van der Waals surface area contributed by atoms with Crippen molar-refractivity contribution in [3.05, 3.63) is 24.4 Å². The Morgan fingerprint density at radius 2 is 2.11 bits per heavy atom. The fourth-order valence-corrected chi connectivity index (χ4v) is 1.49. The molecule has 0 saturated carbocycles. The van der Waals surface area contributed by atoms with Crippen molar-refractivity contribution in [2.45, 2.75) is 32.9 Å². The van der Waals surface area contributed by atoms with Gasteiger partial charge in [0, 0.05) is 11.7 Å². The van der Waals surface area contributed by atoms with Crippen LogP contribution in [0.15, 0.2) is 22.9 Å². The van der Waals surface area contributed by atoms with E-state index in [2.05, 4.69) is 41.3 Å². The van der Waals surface area contributed by atoms with Crippen molar-refractivity contribution in [1.29, 1.82) is 0 Å². The number of aromatic nitrogens is 3. The third-order valence-electron chi connectivity index (χ3n) is 2.47. The second kappa shape index (κ2) is 5.36. The first kappa shape index (κ1) is 13.5. The van der Waals surface area contributed by atoms with Crippen molar-refractivity contribution in [3.63, 3.8) is 0 Å². The molecule has 2 aromatic heterocycles. The van der Waals surface area contributed by atoms with Gasteiger partial charge in [-0.15, -0.1) is 10.2 Å². The van der Waals surface area contributed by atoms with Crippen LogP contribution >= 0.6 is 0 Å². The molecule has 2 rings (SSSR count). The molecule has 0 saturated heterocycles. The molecule has 0 bridgehead atoms. The highest BCUT2D eigenvalue weighted by Gasteiger charge is 2.15. The van der Waals surface area contributed by atoms with Gasteiger partial charge < -0.3 is 14.5 Å². The van der Waals surface area contributed by atoms with E-state index in [1.54, 1.807) is 25.6 Å². The monoisotopic (exact) mass is 262 g/mol. The molecule has 0 aromatic carbocycles. The van der Waals surface area contributed by atoms with Gasteiger partial charge in [0.25, 0.3) is 5.89 Å². The SMILES string of the molecule is COc1cnccc1-c1nnc(CNC(C)(C)C)o1. The highest BCUT2D eigenvalue weighted by atomic mass is 16.5. The minimum Gasteiger partial charge on any atom is -0.494 e. The summed E-state index contributed by atoms with van der Waals surface area (Å²) in [4.78, 5) is 3.99. The first-order chi connectivity index (χ1) is 8.99. The molecule has 0 atom stereocenters. The number of methoxy groups -OCH3 is 1. The van der Waals surface area contributed by atoms with Crippen molar-refractivity contribution in [2.24, 2.45) is 0 Å². The Balaban J connectivity index is 2.17. The first-order valence-electron chi connectivity index (χ1n) is 6.05. The Morgan fingerprint density at radius 1 is 1.32 bits per heavy atom. The number of nitrogens with zero attached hydrogens (tertiary/aromatic N) is 3. The Hall–Kier alpha value is -1.95. The van der Waals surface area contributed by atoms with Crippen LogP contribution in [0.3, 0.4) is 0 Å². The molecule has 0 radical (unpaired) electrons. The molecule has 19 heavy (non-hydrogen) atoms. The first-order valence-corrected chi connectivity index (χ1v) is 6.05. The standard InChI is InChI=1S/C13H18N4O2/c1-13(2,3)15-8-11-16-17-12(19-11)9-5-6-14-7-10(9)18-4/h5-7,15H,8H2,1-4H3. The van der Waals surface area contributed by atoms with Gasteiger partial charge in [-0.3, -0.25) is 4.98 Å². The maximum Gasteiger partial charge on any atom is 0.251 e. The van der Waals surface area contributed by atoms with Crippen LogP contribution in [0.25, 0.3) is 11.5 Å². The summed E-state index contributed by atoms with van der Waals surface area (Å²) >= 11 is 0. The lowest BCUT2D eigenvalue weighted by Gasteiger charge is -2.18. The zero-order chi connectivity index (χ0) is 13.9. The van der Waals surface area contributed by atoms with Crippen LogP contribution in [0.5, 0.6) is 5.75 Å². The third-order valence-corrected chi connectivity index (χ3v) is 2.47. The van der Waals surface area contributed by atoms with Crippen molar-refractivity contribution in [3.8, 4) is 17.2 Å². The molecular weight excluding hydrogens is 244 g/mol. The number of rotatable bonds is 4. The van der Waals surface area contributed by atoms with Gasteiger partial charge in [0.15, 0.2) is 0 Å². The quantitative estimate of drug-likeness (QED) is 0.908. The number of ether oxygens (including phenoxy) is 1.